The van der Waals surface area contributed by atoms with E-state index in [2.05, 4.69) is 19.2 Å². The molecular formula is C15H27NO. The molecule has 0 aromatic carbocycles. The average Bonchev–Trinajstić information content (AvgIpc) is 2.57. The van der Waals surface area contributed by atoms with Crippen molar-refractivity contribution in [3.63, 3.8) is 0 Å². The number of ether oxygens (including phenoxy) is 1. The first kappa shape index (κ1) is 12.0. The van der Waals surface area contributed by atoms with Crippen molar-refractivity contribution in [2.75, 3.05) is 6.61 Å². The highest BCUT2D eigenvalue weighted by Gasteiger charge is 2.44. The van der Waals surface area contributed by atoms with Gasteiger partial charge in [0.1, 0.15) is 0 Å². The molecule has 0 aromatic rings. The Labute approximate surface area is 105 Å². The molecule has 3 aliphatic rings. The second kappa shape index (κ2) is 4.24. The van der Waals surface area contributed by atoms with Crippen LogP contribution in [0, 0.1) is 5.41 Å². The Hall–Kier alpha value is -0.0800. The summed E-state index contributed by atoms with van der Waals surface area (Å²) >= 11 is 0. The number of hydrogen-bond acceptors (Lipinski definition) is 2. The Morgan fingerprint density at radius 2 is 1.88 bits per heavy atom. The van der Waals surface area contributed by atoms with Crippen LogP contribution in [0.3, 0.4) is 0 Å². The van der Waals surface area contributed by atoms with E-state index >= 15 is 0 Å². The largest absolute Gasteiger partial charge is 0.375 e. The summed E-state index contributed by atoms with van der Waals surface area (Å²) < 4.78 is 6.01. The predicted molar refractivity (Wildman–Crippen MR) is 70.1 cm³/mol. The third-order valence-corrected chi connectivity index (χ3v) is 5.45. The Kier molecular flexibility index (Phi) is 2.99. The molecule has 2 atom stereocenters. The maximum absolute atomic E-state index is 6.01. The summed E-state index contributed by atoms with van der Waals surface area (Å²) in [7, 11) is 0. The fraction of sp³-hybridized carbons (Fsp3) is 1.00. The van der Waals surface area contributed by atoms with Crippen molar-refractivity contribution in [1.29, 1.82) is 0 Å². The fourth-order valence-corrected chi connectivity index (χ4v) is 4.01. The fourth-order valence-electron chi connectivity index (χ4n) is 4.01. The molecule has 0 radical (unpaired) electrons. The number of hydrogen-bond donors (Lipinski definition) is 1. The molecule has 0 bridgehead atoms. The molecule has 1 N–H and O–H groups in total. The van der Waals surface area contributed by atoms with E-state index in [0.717, 1.165) is 12.6 Å². The second-order valence-corrected chi connectivity index (χ2v) is 7.17. The summed E-state index contributed by atoms with van der Waals surface area (Å²) in [6.45, 7) is 5.83. The SMILES string of the molecule is CC1(C)CCCC1NC1CCOC2(CCC2)C1. The Bertz CT molecular complexity index is 283. The van der Waals surface area contributed by atoms with Crippen molar-refractivity contribution >= 4 is 0 Å². The molecule has 17 heavy (non-hydrogen) atoms. The third-order valence-electron chi connectivity index (χ3n) is 5.45. The monoisotopic (exact) mass is 237 g/mol. The second-order valence-electron chi connectivity index (χ2n) is 7.17. The lowest BCUT2D eigenvalue weighted by atomic mass is 9.73. The van der Waals surface area contributed by atoms with Gasteiger partial charge in [0, 0.05) is 18.7 Å². The Morgan fingerprint density at radius 3 is 2.47 bits per heavy atom. The molecule has 2 heteroatoms. The minimum Gasteiger partial charge on any atom is -0.375 e. The number of nitrogens with one attached hydrogen (secondary N) is 1. The van der Waals surface area contributed by atoms with Crippen molar-refractivity contribution in [2.45, 2.75) is 82.9 Å². The summed E-state index contributed by atoms with van der Waals surface area (Å²) in [4.78, 5) is 0. The molecule has 0 aromatic heterocycles. The van der Waals surface area contributed by atoms with Gasteiger partial charge in [0.05, 0.1) is 5.60 Å². The zero-order valence-corrected chi connectivity index (χ0v) is 11.4. The van der Waals surface area contributed by atoms with Gasteiger partial charge in [0.2, 0.25) is 0 Å². The summed E-state index contributed by atoms with van der Waals surface area (Å²) in [5.74, 6) is 0. The van der Waals surface area contributed by atoms with Crippen LogP contribution in [0.25, 0.3) is 0 Å². The first-order chi connectivity index (χ1) is 8.10. The van der Waals surface area contributed by atoms with Crippen LogP contribution >= 0.6 is 0 Å². The van der Waals surface area contributed by atoms with Gasteiger partial charge >= 0.3 is 0 Å². The van der Waals surface area contributed by atoms with Crippen LogP contribution in [0.2, 0.25) is 0 Å². The van der Waals surface area contributed by atoms with Crippen LogP contribution in [0.4, 0.5) is 0 Å². The highest BCUT2D eigenvalue weighted by Crippen LogP contribution is 2.43. The van der Waals surface area contributed by atoms with E-state index < -0.39 is 0 Å². The zero-order valence-electron chi connectivity index (χ0n) is 11.4. The molecule has 1 saturated heterocycles. The summed E-state index contributed by atoms with van der Waals surface area (Å²) in [5.41, 5.74) is 0.795. The van der Waals surface area contributed by atoms with Gasteiger partial charge in [-0.3, -0.25) is 0 Å². The van der Waals surface area contributed by atoms with Gasteiger partial charge in [-0.15, -0.1) is 0 Å². The normalized spacial score (nSPS) is 39.2. The summed E-state index contributed by atoms with van der Waals surface area (Å²) in [6, 6.07) is 1.45. The lowest BCUT2D eigenvalue weighted by Gasteiger charge is -2.48. The Morgan fingerprint density at radius 1 is 1.06 bits per heavy atom. The van der Waals surface area contributed by atoms with E-state index in [1.807, 2.05) is 0 Å². The molecule has 3 rings (SSSR count). The molecule has 3 fully saturated rings. The van der Waals surface area contributed by atoms with Gasteiger partial charge in [-0.2, -0.15) is 0 Å². The van der Waals surface area contributed by atoms with Gasteiger partial charge in [0.15, 0.2) is 0 Å². The summed E-state index contributed by atoms with van der Waals surface area (Å²) in [5, 5.41) is 3.95. The van der Waals surface area contributed by atoms with E-state index in [0.29, 0.717) is 17.1 Å². The van der Waals surface area contributed by atoms with Crippen molar-refractivity contribution in [3.8, 4) is 0 Å². The average molecular weight is 237 g/mol. The first-order valence-electron chi connectivity index (χ1n) is 7.50. The highest BCUT2D eigenvalue weighted by atomic mass is 16.5. The zero-order chi connectivity index (χ0) is 11.9. The Balaban J connectivity index is 1.58. The van der Waals surface area contributed by atoms with Gasteiger partial charge in [0.25, 0.3) is 0 Å². The lowest BCUT2D eigenvalue weighted by Crippen LogP contribution is -2.54. The van der Waals surface area contributed by atoms with Crippen molar-refractivity contribution in [2.24, 2.45) is 5.41 Å². The van der Waals surface area contributed by atoms with E-state index in [-0.39, 0.29) is 0 Å². The van der Waals surface area contributed by atoms with Crippen LogP contribution in [-0.4, -0.2) is 24.3 Å². The van der Waals surface area contributed by atoms with Gasteiger partial charge < -0.3 is 10.1 Å². The molecule has 1 aliphatic heterocycles. The van der Waals surface area contributed by atoms with Crippen molar-refractivity contribution < 1.29 is 4.74 Å². The standard InChI is InChI=1S/C15H27NO/c1-14(2)7-3-5-13(14)16-12-6-10-17-15(11-12)8-4-9-15/h12-13,16H,3-11H2,1-2H3. The van der Waals surface area contributed by atoms with Gasteiger partial charge in [-0.05, 0) is 50.4 Å². The number of rotatable bonds is 2. The molecule has 0 amide bonds. The lowest BCUT2D eigenvalue weighted by molar-refractivity contribution is -0.137. The van der Waals surface area contributed by atoms with Crippen LogP contribution < -0.4 is 5.32 Å². The topological polar surface area (TPSA) is 21.3 Å². The smallest absolute Gasteiger partial charge is 0.0697 e. The molecule has 1 spiro atoms. The van der Waals surface area contributed by atoms with E-state index in [1.165, 1.54) is 51.4 Å². The molecule has 2 saturated carbocycles. The van der Waals surface area contributed by atoms with E-state index in [4.69, 9.17) is 4.74 Å². The highest BCUT2D eigenvalue weighted by molar-refractivity contribution is 4.99. The maximum atomic E-state index is 6.01. The van der Waals surface area contributed by atoms with Crippen LogP contribution in [0.1, 0.15) is 65.2 Å². The summed E-state index contributed by atoms with van der Waals surface area (Å²) in [6.07, 6.45) is 10.6. The van der Waals surface area contributed by atoms with E-state index in [9.17, 15) is 0 Å². The van der Waals surface area contributed by atoms with Gasteiger partial charge in [-0.25, -0.2) is 0 Å². The minimum absolute atomic E-state index is 0.290. The van der Waals surface area contributed by atoms with Gasteiger partial charge in [-0.1, -0.05) is 20.3 Å². The van der Waals surface area contributed by atoms with Crippen LogP contribution in [0.5, 0.6) is 0 Å². The van der Waals surface area contributed by atoms with E-state index in [1.54, 1.807) is 0 Å². The molecule has 2 unspecified atom stereocenters. The quantitative estimate of drug-likeness (QED) is 0.796. The molecule has 98 valence electrons. The first-order valence-corrected chi connectivity index (χ1v) is 7.50. The van der Waals surface area contributed by atoms with Crippen molar-refractivity contribution in [3.05, 3.63) is 0 Å². The third kappa shape index (κ3) is 2.26. The molecular weight excluding hydrogens is 210 g/mol. The van der Waals surface area contributed by atoms with Crippen LogP contribution in [-0.2, 0) is 4.74 Å². The predicted octanol–water partition coefficient (Wildman–Crippen LogP) is 3.26. The maximum Gasteiger partial charge on any atom is 0.0697 e. The van der Waals surface area contributed by atoms with Crippen LogP contribution in [0.15, 0.2) is 0 Å². The van der Waals surface area contributed by atoms with Crippen molar-refractivity contribution in [1.82, 2.24) is 5.32 Å². The molecule has 1 heterocycles. The molecule has 2 nitrogen and oxygen atoms in total. The minimum atomic E-state index is 0.290. The molecule has 2 aliphatic carbocycles.